The number of methoxy groups -OCH3 is 1. The zero-order valence-electron chi connectivity index (χ0n) is 18.2. The van der Waals surface area contributed by atoms with Crippen molar-refractivity contribution in [1.29, 1.82) is 0 Å². The van der Waals surface area contributed by atoms with Crippen LogP contribution in [0.25, 0.3) is 10.8 Å². The molecular formula is C27H24N2O4. The molecule has 0 unspecified atom stereocenters. The summed E-state index contributed by atoms with van der Waals surface area (Å²) in [5.74, 6) is 1.17. The fraction of sp³-hybridized carbons (Fsp3) is 0.111. The van der Waals surface area contributed by atoms with Crippen LogP contribution in [0.1, 0.15) is 5.56 Å². The van der Waals surface area contributed by atoms with E-state index in [-0.39, 0.29) is 24.8 Å². The smallest absolute Gasteiger partial charge is 0.243 e. The Hall–Kier alpha value is -4.32. The van der Waals surface area contributed by atoms with Crippen LogP contribution in [0, 0.1) is 0 Å². The fourth-order valence-corrected chi connectivity index (χ4v) is 3.51. The molecule has 0 atom stereocenters. The number of nitrogens with one attached hydrogen (secondary N) is 2. The number of fused-ring (bicyclic) bond motifs is 1. The van der Waals surface area contributed by atoms with Gasteiger partial charge in [0.25, 0.3) is 0 Å². The number of hydrogen-bond acceptors (Lipinski definition) is 4. The Kier molecular flexibility index (Phi) is 6.85. The Morgan fingerprint density at radius 2 is 1.52 bits per heavy atom. The van der Waals surface area contributed by atoms with Gasteiger partial charge in [-0.25, -0.2) is 0 Å². The van der Waals surface area contributed by atoms with Gasteiger partial charge in [0.1, 0.15) is 11.5 Å². The predicted octanol–water partition coefficient (Wildman–Crippen LogP) is 4.94. The van der Waals surface area contributed by atoms with Crippen LogP contribution in [0.15, 0.2) is 91.0 Å². The van der Waals surface area contributed by atoms with Gasteiger partial charge in [-0.15, -0.1) is 0 Å². The molecule has 166 valence electrons. The highest BCUT2D eigenvalue weighted by Crippen LogP contribution is 2.30. The summed E-state index contributed by atoms with van der Waals surface area (Å²) in [6.45, 7) is -0.142. The molecule has 0 heterocycles. The van der Waals surface area contributed by atoms with Crippen LogP contribution >= 0.6 is 0 Å². The van der Waals surface area contributed by atoms with Crippen molar-refractivity contribution in [2.45, 2.75) is 6.42 Å². The Morgan fingerprint density at radius 3 is 2.39 bits per heavy atom. The number of ether oxygens (including phenoxy) is 2. The van der Waals surface area contributed by atoms with Gasteiger partial charge in [-0.1, -0.05) is 60.7 Å². The zero-order valence-corrected chi connectivity index (χ0v) is 18.2. The van der Waals surface area contributed by atoms with Crippen molar-refractivity contribution >= 4 is 28.3 Å². The molecule has 0 spiro atoms. The van der Waals surface area contributed by atoms with Crippen LogP contribution in [0.3, 0.4) is 0 Å². The van der Waals surface area contributed by atoms with Gasteiger partial charge in [0.2, 0.25) is 11.8 Å². The molecule has 0 aromatic heterocycles. The Labute approximate surface area is 192 Å². The maximum Gasteiger partial charge on any atom is 0.243 e. The molecule has 6 nitrogen and oxygen atoms in total. The molecule has 0 aliphatic carbocycles. The molecular weight excluding hydrogens is 416 g/mol. The lowest BCUT2D eigenvalue weighted by Crippen LogP contribution is -2.33. The molecule has 0 saturated carbocycles. The Bertz CT molecular complexity index is 1280. The predicted molar refractivity (Wildman–Crippen MR) is 129 cm³/mol. The lowest BCUT2D eigenvalue weighted by atomic mass is 10.0. The third kappa shape index (κ3) is 5.68. The van der Waals surface area contributed by atoms with E-state index >= 15 is 0 Å². The molecule has 0 fully saturated rings. The largest absolute Gasteiger partial charge is 0.497 e. The van der Waals surface area contributed by atoms with E-state index in [1.54, 1.807) is 37.4 Å². The molecule has 33 heavy (non-hydrogen) atoms. The highest BCUT2D eigenvalue weighted by molar-refractivity contribution is 5.96. The van der Waals surface area contributed by atoms with Crippen LogP contribution in [0.2, 0.25) is 0 Å². The first-order valence-electron chi connectivity index (χ1n) is 10.6. The molecule has 0 radical (unpaired) electrons. The molecule has 2 N–H and O–H groups in total. The highest BCUT2D eigenvalue weighted by Gasteiger charge is 2.12. The average Bonchev–Trinajstić information content (AvgIpc) is 2.84. The molecule has 4 aromatic carbocycles. The van der Waals surface area contributed by atoms with Crippen molar-refractivity contribution < 1.29 is 19.1 Å². The molecule has 0 saturated heterocycles. The summed E-state index contributed by atoms with van der Waals surface area (Å²) >= 11 is 0. The number of para-hydroxylation sites is 2. The summed E-state index contributed by atoms with van der Waals surface area (Å²) in [5, 5.41) is 7.60. The molecule has 4 rings (SSSR count). The van der Waals surface area contributed by atoms with Gasteiger partial charge >= 0.3 is 0 Å². The van der Waals surface area contributed by atoms with Crippen LogP contribution in [0.4, 0.5) is 5.69 Å². The number of benzene rings is 4. The van der Waals surface area contributed by atoms with E-state index in [4.69, 9.17) is 9.47 Å². The Balaban J connectivity index is 1.35. The minimum Gasteiger partial charge on any atom is -0.497 e. The van der Waals surface area contributed by atoms with Gasteiger partial charge in [-0.3, -0.25) is 9.59 Å². The number of anilines is 1. The van der Waals surface area contributed by atoms with Gasteiger partial charge < -0.3 is 20.1 Å². The van der Waals surface area contributed by atoms with Crippen molar-refractivity contribution in [2.24, 2.45) is 0 Å². The van der Waals surface area contributed by atoms with E-state index in [2.05, 4.69) is 10.6 Å². The summed E-state index contributed by atoms with van der Waals surface area (Å²) in [5.41, 5.74) is 1.43. The third-order valence-electron chi connectivity index (χ3n) is 5.11. The zero-order chi connectivity index (χ0) is 23.0. The number of carbonyl (C=O) groups is 2. The van der Waals surface area contributed by atoms with Crippen molar-refractivity contribution in [3.63, 3.8) is 0 Å². The van der Waals surface area contributed by atoms with Crippen LogP contribution in [-0.2, 0) is 16.0 Å². The van der Waals surface area contributed by atoms with Crippen molar-refractivity contribution in [1.82, 2.24) is 5.32 Å². The van der Waals surface area contributed by atoms with E-state index in [1.165, 1.54) is 0 Å². The fourth-order valence-electron chi connectivity index (χ4n) is 3.51. The molecule has 4 aromatic rings. The second-order valence-corrected chi connectivity index (χ2v) is 7.42. The van der Waals surface area contributed by atoms with Crippen molar-refractivity contribution in [3.8, 4) is 17.2 Å². The average molecular weight is 440 g/mol. The number of carbonyl (C=O) groups excluding carboxylic acids is 2. The first-order valence-corrected chi connectivity index (χ1v) is 10.6. The third-order valence-corrected chi connectivity index (χ3v) is 5.11. The van der Waals surface area contributed by atoms with Gasteiger partial charge in [0.05, 0.1) is 25.8 Å². The number of hydrogen-bond donors (Lipinski definition) is 2. The maximum atomic E-state index is 12.5. The maximum absolute atomic E-state index is 12.5. The second kappa shape index (κ2) is 10.3. The van der Waals surface area contributed by atoms with Crippen LogP contribution < -0.4 is 20.1 Å². The summed E-state index contributed by atoms with van der Waals surface area (Å²) in [7, 11) is 1.59. The minimum absolute atomic E-state index is 0.142. The van der Waals surface area contributed by atoms with E-state index in [0.717, 1.165) is 16.3 Å². The van der Waals surface area contributed by atoms with E-state index in [9.17, 15) is 9.59 Å². The minimum atomic E-state index is -0.344. The number of rotatable bonds is 8. The van der Waals surface area contributed by atoms with Gasteiger partial charge in [-0.05, 0) is 40.6 Å². The number of amides is 2. The topological polar surface area (TPSA) is 76.7 Å². The molecule has 2 amide bonds. The molecule has 0 aliphatic heterocycles. The monoisotopic (exact) mass is 440 g/mol. The van der Waals surface area contributed by atoms with Crippen LogP contribution in [-0.4, -0.2) is 25.5 Å². The van der Waals surface area contributed by atoms with Crippen LogP contribution in [0.5, 0.6) is 17.2 Å². The van der Waals surface area contributed by atoms with Gasteiger partial charge in [-0.2, -0.15) is 0 Å². The normalized spacial score (nSPS) is 10.5. The SMILES string of the molecule is COc1cccc(Oc2ccccc2NC(=O)CNC(=O)Cc2cccc3ccccc23)c1. The van der Waals surface area contributed by atoms with E-state index in [0.29, 0.717) is 22.9 Å². The lowest BCUT2D eigenvalue weighted by molar-refractivity contribution is -0.123. The summed E-state index contributed by atoms with van der Waals surface area (Å²) in [6.07, 6.45) is 0.199. The first kappa shape index (κ1) is 21.9. The molecule has 0 aliphatic rings. The summed E-state index contributed by atoms with van der Waals surface area (Å²) in [6, 6.07) is 28.1. The highest BCUT2D eigenvalue weighted by atomic mass is 16.5. The van der Waals surface area contributed by atoms with Gasteiger partial charge in [0, 0.05) is 6.07 Å². The van der Waals surface area contributed by atoms with Crippen molar-refractivity contribution in [2.75, 3.05) is 19.0 Å². The molecule has 0 bridgehead atoms. The molecule has 6 heteroatoms. The van der Waals surface area contributed by atoms with Gasteiger partial charge in [0.15, 0.2) is 5.75 Å². The standard InChI is InChI=1S/C27H24N2O4/c1-32-21-11-7-12-22(17-21)33-25-15-5-4-14-24(25)29-27(31)18-28-26(30)16-20-10-6-9-19-8-2-3-13-23(19)20/h2-15,17H,16,18H2,1H3,(H,28,30)(H,29,31). The first-order chi connectivity index (χ1) is 16.1. The second-order valence-electron chi connectivity index (χ2n) is 7.42. The lowest BCUT2D eigenvalue weighted by Gasteiger charge is -2.13. The van der Waals surface area contributed by atoms with Crippen molar-refractivity contribution in [3.05, 3.63) is 96.6 Å². The summed E-state index contributed by atoms with van der Waals surface area (Å²) < 4.78 is 11.1. The Morgan fingerprint density at radius 1 is 0.788 bits per heavy atom. The summed E-state index contributed by atoms with van der Waals surface area (Å²) in [4.78, 5) is 24.9. The quantitative estimate of drug-likeness (QED) is 0.407. The van der Waals surface area contributed by atoms with E-state index in [1.807, 2.05) is 60.7 Å². The van der Waals surface area contributed by atoms with E-state index < -0.39 is 0 Å².